The predicted octanol–water partition coefficient (Wildman–Crippen LogP) is 4.58. The highest BCUT2D eigenvalue weighted by Gasteiger charge is 2.30. The van der Waals surface area contributed by atoms with Crippen molar-refractivity contribution in [3.63, 3.8) is 0 Å². The molecule has 2 aromatic carbocycles. The topological polar surface area (TPSA) is 54.4 Å². The van der Waals surface area contributed by atoms with E-state index in [0.717, 1.165) is 5.39 Å². The van der Waals surface area contributed by atoms with Gasteiger partial charge in [0.2, 0.25) is 0 Å². The Kier molecular flexibility index (Phi) is 3.69. The van der Waals surface area contributed by atoms with Crippen LogP contribution in [0, 0.1) is 0 Å². The lowest BCUT2D eigenvalue weighted by Crippen LogP contribution is -2.16. The molecule has 0 atom stereocenters. The zero-order valence-corrected chi connectivity index (χ0v) is 11.6. The molecule has 0 aliphatic rings. The molecule has 0 saturated carbocycles. The number of ether oxygens (including phenoxy) is 1. The molecule has 0 bridgehead atoms. The van der Waals surface area contributed by atoms with Gasteiger partial charge in [0, 0.05) is 11.1 Å². The van der Waals surface area contributed by atoms with Gasteiger partial charge < -0.3 is 15.2 Å². The average Bonchev–Trinajstić information content (AvgIpc) is 2.49. The molecular formula is C16H11F3N2O2. The molecule has 0 saturated heterocycles. The van der Waals surface area contributed by atoms with Crippen LogP contribution in [0.1, 0.15) is 0 Å². The number of para-hydroxylation sites is 1. The molecular weight excluding hydrogens is 309 g/mol. The summed E-state index contributed by atoms with van der Waals surface area (Å²) in [5, 5.41) is 13.5. The smallest absolute Gasteiger partial charge is 0.506 e. The number of nitrogens with zero attached hydrogens (tertiary/aromatic N) is 1. The number of phenols is 1. The van der Waals surface area contributed by atoms with E-state index < -0.39 is 6.36 Å². The third-order valence-electron chi connectivity index (χ3n) is 3.06. The Hall–Kier alpha value is -2.96. The number of aromatic hydroxyl groups is 1. The summed E-state index contributed by atoms with van der Waals surface area (Å²) in [6.45, 7) is 0. The zero-order valence-electron chi connectivity index (χ0n) is 11.6. The molecule has 1 aromatic heterocycles. The van der Waals surface area contributed by atoms with E-state index >= 15 is 0 Å². The van der Waals surface area contributed by atoms with Crippen LogP contribution in [0.5, 0.6) is 11.5 Å². The number of pyridine rings is 1. The molecule has 0 aliphatic heterocycles. The van der Waals surface area contributed by atoms with Gasteiger partial charge in [-0.05, 0) is 42.5 Å². The second kappa shape index (κ2) is 5.68. The first-order chi connectivity index (χ1) is 10.9. The van der Waals surface area contributed by atoms with Crippen LogP contribution in [0.25, 0.3) is 10.9 Å². The van der Waals surface area contributed by atoms with Crippen LogP contribution >= 0.6 is 0 Å². The summed E-state index contributed by atoms with van der Waals surface area (Å²) in [4.78, 5) is 4.28. The number of halogens is 3. The van der Waals surface area contributed by atoms with Crippen LogP contribution in [0.3, 0.4) is 0 Å². The fourth-order valence-corrected chi connectivity index (χ4v) is 2.09. The van der Waals surface area contributed by atoms with Crippen LogP contribution < -0.4 is 10.1 Å². The molecule has 0 spiro atoms. The number of alkyl halides is 3. The summed E-state index contributed by atoms with van der Waals surface area (Å²) >= 11 is 0. The molecule has 0 fully saturated rings. The van der Waals surface area contributed by atoms with Crippen LogP contribution in [0.2, 0.25) is 0 Å². The largest absolute Gasteiger partial charge is 0.573 e. The van der Waals surface area contributed by atoms with Gasteiger partial charge in [-0.2, -0.15) is 0 Å². The van der Waals surface area contributed by atoms with E-state index in [0.29, 0.717) is 17.0 Å². The summed E-state index contributed by atoms with van der Waals surface area (Å²) in [6.07, 6.45) is -4.72. The van der Waals surface area contributed by atoms with E-state index in [9.17, 15) is 18.3 Å². The number of hydrogen-bond donors (Lipinski definition) is 2. The van der Waals surface area contributed by atoms with Crippen LogP contribution in [-0.4, -0.2) is 16.5 Å². The van der Waals surface area contributed by atoms with E-state index in [4.69, 9.17) is 0 Å². The second-order valence-corrected chi connectivity index (χ2v) is 4.74. The Balaban J connectivity index is 1.80. The Labute approximate surface area is 129 Å². The standard InChI is InChI=1S/C16H11F3N2O2/c17-16(18,19)23-12-7-5-11(6-8-12)20-14-9-4-10-2-1-3-13(22)15(10)21-14/h1-9,22H,(H,20,21). The van der Waals surface area contributed by atoms with Gasteiger partial charge in [-0.25, -0.2) is 4.98 Å². The molecule has 3 aromatic rings. The number of hydrogen-bond acceptors (Lipinski definition) is 4. The van der Waals surface area contributed by atoms with E-state index in [-0.39, 0.29) is 11.5 Å². The minimum absolute atomic E-state index is 0.0556. The van der Waals surface area contributed by atoms with Crippen LogP contribution in [0.4, 0.5) is 24.7 Å². The van der Waals surface area contributed by atoms with Gasteiger partial charge in [-0.3, -0.25) is 0 Å². The van der Waals surface area contributed by atoms with Gasteiger partial charge in [-0.1, -0.05) is 12.1 Å². The predicted molar refractivity (Wildman–Crippen MR) is 79.8 cm³/mol. The molecule has 3 rings (SSSR count). The normalized spacial score (nSPS) is 11.4. The van der Waals surface area contributed by atoms with Gasteiger partial charge in [0.1, 0.15) is 22.8 Å². The molecule has 0 amide bonds. The lowest BCUT2D eigenvalue weighted by Gasteiger charge is -2.10. The maximum absolute atomic E-state index is 12.1. The van der Waals surface area contributed by atoms with Crippen molar-refractivity contribution in [2.75, 3.05) is 5.32 Å². The van der Waals surface area contributed by atoms with Gasteiger partial charge >= 0.3 is 6.36 Å². The molecule has 4 nitrogen and oxygen atoms in total. The van der Waals surface area contributed by atoms with Crippen molar-refractivity contribution in [1.29, 1.82) is 0 Å². The number of fused-ring (bicyclic) bond motifs is 1. The van der Waals surface area contributed by atoms with Crippen molar-refractivity contribution in [2.45, 2.75) is 6.36 Å². The monoisotopic (exact) mass is 320 g/mol. The Bertz CT molecular complexity index is 833. The van der Waals surface area contributed by atoms with Crippen molar-refractivity contribution in [3.05, 3.63) is 54.6 Å². The first kappa shape index (κ1) is 15.0. The Morgan fingerprint density at radius 3 is 2.39 bits per heavy atom. The van der Waals surface area contributed by atoms with Gasteiger partial charge in [-0.15, -0.1) is 13.2 Å². The van der Waals surface area contributed by atoms with E-state index in [1.807, 2.05) is 6.07 Å². The summed E-state index contributed by atoms with van der Waals surface area (Å²) in [6, 6.07) is 13.8. The first-order valence-electron chi connectivity index (χ1n) is 6.62. The maximum Gasteiger partial charge on any atom is 0.573 e. The molecule has 0 unspecified atom stereocenters. The molecule has 118 valence electrons. The van der Waals surface area contributed by atoms with Gasteiger partial charge in [0.05, 0.1) is 0 Å². The lowest BCUT2D eigenvalue weighted by atomic mass is 10.2. The fourth-order valence-electron chi connectivity index (χ4n) is 2.09. The number of nitrogens with one attached hydrogen (secondary N) is 1. The number of aromatic nitrogens is 1. The molecule has 1 heterocycles. The van der Waals surface area contributed by atoms with Gasteiger partial charge in [0.25, 0.3) is 0 Å². The third kappa shape index (κ3) is 3.63. The van der Waals surface area contributed by atoms with Crippen LogP contribution in [0.15, 0.2) is 54.6 Å². The minimum Gasteiger partial charge on any atom is -0.506 e. The van der Waals surface area contributed by atoms with Crippen LogP contribution in [-0.2, 0) is 0 Å². The van der Waals surface area contributed by atoms with Crippen molar-refractivity contribution in [1.82, 2.24) is 4.98 Å². The zero-order chi connectivity index (χ0) is 16.4. The molecule has 2 N–H and O–H groups in total. The SMILES string of the molecule is Oc1cccc2ccc(Nc3ccc(OC(F)(F)F)cc3)nc12. The number of anilines is 2. The fraction of sp³-hybridized carbons (Fsp3) is 0.0625. The number of benzene rings is 2. The second-order valence-electron chi connectivity index (χ2n) is 4.74. The maximum atomic E-state index is 12.1. The number of phenolic OH excluding ortho intramolecular Hbond substituents is 1. The highest BCUT2D eigenvalue weighted by Crippen LogP contribution is 2.27. The summed E-state index contributed by atoms with van der Waals surface area (Å²) in [5.41, 5.74) is 0.983. The Morgan fingerprint density at radius 1 is 0.957 bits per heavy atom. The quantitative estimate of drug-likeness (QED) is 0.741. The van der Waals surface area contributed by atoms with Crippen molar-refractivity contribution in [3.8, 4) is 11.5 Å². The number of rotatable bonds is 3. The van der Waals surface area contributed by atoms with Gasteiger partial charge in [0.15, 0.2) is 0 Å². The van der Waals surface area contributed by atoms with Crippen molar-refractivity contribution in [2.24, 2.45) is 0 Å². The molecule has 0 aliphatic carbocycles. The summed E-state index contributed by atoms with van der Waals surface area (Å²) in [7, 11) is 0. The van der Waals surface area contributed by atoms with E-state index in [2.05, 4.69) is 15.0 Å². The molecule has 23 heavy (non-hydrogen) atoms. The summed E-state index contributed by atoms with van der Waals surface area (Å²) in [5.74, 6) is 0.218. The molecule has 0 radical (unpaired) electrons. The average molecular weight is 320 g/mol. The molecule has 7 heteroatoms. The highest BCUT2D eigenvalue weighted by atomic mass is 19.4. The van der Waals surface area contributed by atoms with Crippen molar-refractivity contribution < 1.29 is 23.0 Å². The lowest BCUT2D eigenvalue weighted by molar-refractivity contribution is -0.274. The highest BCUT2D eigenvalue weighted by molar-refractivity contribution is 5.85. The third-order valence-corrected chi connectivity index (χ3v) is 3.06. The van der Waals surface area contributed by atoms with Crippen molar-refractivity contribution >= 4 is 22.4 Å². The minimum atomic E-state index is -4.72. The van der Waals surface area contributed by atoms with E-state index in [1.54, 1.807) is 18.2 Å². The Morgan fingerprint density at radius 2 is 1.70 bits per heavy atom. The summed E-state index contributed by atoms with van der Waals surface area (Å²) < 4.78 is 40.1. The first-order valence-corrected chi connectivity index (χ1v) is 6.62. The van der Waals surface area contributed by atoms with E-state index in [1.165, 1.54) is 30.3 Å².